The van der Waals surface area contributed by atoms with Crippen LogP contribution in [0.2, 0.25) is 0 Å². The van der Waals surface area contributed by atoms with Gasteiger partial charge in [-0.25, -0.2) is 0 Å². The van der Waals surface area contributed by atoms with Crippen LogP contribution in [-0.4, -0.2) is 16.3 Å². The van der Waals surface area contributed by atoms with Gasteiger partial charge in [0.05, 0.1) is 0 Å². The second kappa shape index (κ2) is 4.74. The van der Waals surface area contributed by atoms with Crippen LogP contribution in [0.3, 0.4) is 0 Å². The van der Waals surface area contributed by atoms with Crippen molar-refractivity contribution in [3.05, 3.63) is 0 Å². The van der Waals surface area contributed by atoms with Crippen LogP contribution < -0.4 is 5.32 Å². The Balaban J connectivity index is 1.28. The minimum Gasteiger partial charge on any atom is -0.353 e. The van der Waals surface area contributed by atoms with Gasteiger partial charge in [0.15, 0.2) is 0 Å². The van der Waals surface area contributed by atoms with Gasteiger partial charge < -0.3 is 5.32 Å². The zero-order valence-corrected chi connectivity index (χ0v) is 15.0. The zero-order chi connectivity index (χ0) is 14.9. The van der Waals surface area contributed by atoms with Crippen LogP contribution in [0.1, 0.15) is 70.6 Å². The molecule has 3 heteroatoms. The molecule has 1 N–H and O–H groups in total. The number of carbonyl (C=O) groups is 1. The molecule has 0 saturated heterocycles. The maximum Gasteiger partial charge on any atom is 0.220 e. The van der Waals surface area contributed by atoms with E-state index in [0.717, 1.165) is 30.1 Å². The molecule has 6 rings (SSSR count). The predicted octanol–water partition coefficient (Wildman–Crippen LogP) is 4.42. The summed E-state index contributed by atoms with van der Waals surface area (Å²) in [6, 6.07) is 0.527. The van der Waals surface area contributed by atoms with Gasteiger partial charge in [-0.15, -0.1) is 0 Å². The van der Waals surface area contributed by atoms with Gasteiger partial charge >= 0.3 is 0 Å². The monoisotopic (exact) mass is 365 g/mol. The summed E-state index contributed by atoms with van der Waals surface area (Å²) >= 11 is 4.07. The van der Waals surface area contributed by atoms with Gasteiger partial charge in [0.25, 0.3) is 0 Å². The lowest BCUT2D eigenvalue weighted by Crippen LogP contribution is -2.54. The fourth-order valence-electron chi connectivity index (χ4n) is 6.65. The van der Waals surface area contributed by atoms with Crippen LogP contribution in [0.4, 0.5) is 0 Å². The summed E-state index contributed by atoms with van der Waals surface area (Å²) in [4.78, 5) is 12.8. The summed E-state index contributed by atoms with van der Waals surface area (Å²) in [6.45, 7) is 0. The summed E-state index contributed by atoms with van der Waals surface area (Å²) in [6.07, 6.45) is 14.2. The SMILES string of the molecule is O=C(CC12CC3CC(CC(Br)(C3)C1)C2)NC(C1CC1)C1CC1. The van der Waals surface area contributed by atoms with Crippen molar-refractivity contribution in [2.24, 2.45) is 29.1 Å². The predicted molar refractivity (Wildman–Crippen MR) is 90.8 cm³/mol. The first-order chi connectivity index (χ1) is 10.5. The summed E-state index contributed by atoms with van der Waals surface area (Å²) in [5, 5.41) is 3.47. The third-order valence-corrected chi connectivity index (χ3v) is 8.16. The molecular weight excluding hydrogens is 338 g/mol. The van der Waals surface area contributed by atoms with Crippen molar-refractivity contribution in [2.75, 3.05) is 0 Å². The Labute approximate surface area is 142 Å². The van der Waals surface area contributed by atoms with E-state index < -0.39 is 0 Å². The van der Waals surface area contributed by atoms with Crippen LogP contribution in [-0.2, 0) is 4.79 Å². The molecular formula is C19H28BrNO. The molecule has 2 nitrogen and oxygen atoms in total. The van der Waals surface area contributed by atoms with Gasteiger partial charge in [0.1, 0.15) is 0 Å². The van der Waals surface area contributed by atoms with Crippen LogP contribution in [0.25, 0.3) is 0 Å². The molecule has 2 unspecified atom stereocenters. The summed E-state index contributed by atoms with van der Waals surface area (Å²) < 4.78 is 0.379. The van der Waals surface area contributed by atoms with E-state index in [1.807, 2.05) is 0 Å². The van der Waals surface area contributed by atoms with Gasteiger partial charge in [-0.05, 0) is 93.3 Å². The van der Waals surface area contributed by atoms with Crippen molar-refractivity contribution >= 4 is 21.8 Å². The highest BCUT2D eigenvalue weighted by atomic mass is 79.9. The standard InChI is InChI=1S/C19H28BrNO/c20-19-8-12-5-13(9-19)7-18(6-12,11-19)10-16(22)21-17(14-1-2-14)15-3-4-15/h12-15,17H,1-11H2,(H,21,22). The molecule has 6 saturated carbocycles. The summed E-state index contributed by atoms with van der Waals surface area (Å²) in [7, 11) is 0. The number of alkyl halides is 1. The third kappa shape index (κ3) is 2.56. The second-order valence-electron chi connectivity index (χ2n) is 9.56. The Morgan fingerprint density at radius 3 is 2.14 bits per heavy atom. The van der Waals surface area contributed by atoms with E-state index in [1.165, 1.54) is 64.2 Å². The Kier molecular flexibility index (Phi) is 3.08. The molecule has 0 aromatic carbocycles. The smallest absolute Gasteiger partial charge is 0.220 e. The number of nitrogens with one attached hydrogen (secondary N) is 1. The van der Waals surface area contributed by atoms with Crippen LogP contribution in [0, 0.1) is 29.1 Å². The molecule has 0 aromatic heterocycles. The van der Waals surface area contributed by atoms with Gasteiger partial charge in [-0.2, -0.15) is 0 Å². The van der Waals surface area contributed by atoms with E-state index in [1.54, 1.807) is 0 Å². The van der Waals surface area contributed by atoms with Gasteiger partial charge in [0, 0.05) is 16.8 Å². The number of halogens is 1. The van der Waals surface area contributed by atoms with E-state index in [4.69, 9.17) is 0 Å². The molecule has 22 heavy (non-hydrogen) atoms. The molecule has 0 radical (unpaired) electrons. The fourth-order valence-corrected chi connectivity index (χ4v) is 8.16. The molecule has 0 aliphatic heterocycles. The third-order valence-electron chi connectivity index (χ3n) is 7.23. The lowest BCUT2D eigenvalue weighted by molar-refractivity contribution is -0.129. The highest BCUT2D eigenvalue weighted by molar-refractivity contribution is 9.10. The molecule has 0 heterocycles. The first-order valence-corrected chi connectivity index (χ1v) is 10.3. The van der Waals surface area contributed by atoms with Gasteiger partial charge in [-0.3, -0.25) is 4.79 Å². The van der Waals surface area contributed by atoms with Crippen molar-refractivity contribution < 1.29 is 4.79 Å². The Bertz CT molecular complexity index is 470. The van der Waals surface area contributed by atoms with Crippen molar-refractivity contribution in [1.82, 2.24) is 5.32 Å². The molecule has 6 fully saturated rings. The highest BCUT2D eigenvalue weighted by Gasteiger charge is 2.57. The molecule has 122 valence electrons. The molecule has 6 aliphatic carbocycles. The lowest BCUT2D eigenvalue weighted by atomic mass is 9.48. The topological polar surface area (TPSA) is 29.1 Å². The zero-order valence-electron chi connectivity index (χ0n) is 13.5. The Morgan fingerprint density at radius 2 is 1.64 bits per heavy atom. The summed E-state index contributed by atoms with van der Waals surface area (Å²) in [5.41, 5.74) is 0.329. The molecule has 0 spiro atoms. The largest absolute Gasteiger partial charge is 0.353 e. The number of carbonyl (C=O) groups excluding carboxylic acids is 1. The minimum atomic E-state index is 0.329. The highest BCUT2D eigenvalue weighted by Crippen LogP contribution is 2.65. The molecule has 6 aliphatic rings. The Hall–Kier alpha value is -0.0500. The molecule has 2 atom stereocenters. The second-order valence-corrected chi connectivity index (χ2v) is 11.2. The normalized spacial score (nSPS) is 46.3. The lowest BCUT2D eigenvalue weighted by Gasteiger charge is -2.60. The molecule has 1 amide bonds. The average molecular weight is 366 g/mol. The molecule has 4 bridgehead atoms. The van der Waals surface area contributed by atoms with Crippen LogP contribution >= 0.6 is 15.9 Å². The van der Waals surface area contributed by atoms with E-state index in [9.17, 15) is 4.79 Å². The molecule has 0 aromatic rings. The van der Waals surface area contributed by atoms with Crippen molar-refractivity contribution in [3.8, 4) is 0 Å². The van der Waals surface area contributed by atoms with Crippen molar-refractivity contribution in [1.29, 1.82) is 0 Å². The minimum absolute atomic E-state index is 0.329. The van der Waals surface area contributed by atoms with Crippen molar-refractivity contribution in [2.45, 2.75) is 81.0 Å². The maximum absolute atomic E-state index is 12.8. The average Bonchev–Trinajstić information content (AvgIpc) is 3.26. The van der Waals surface area contributed by atoms with E-state index >= 15 is 0 Å². The van der Waals surface area contributed by atoms with E-state index in [2.05, 4.69) is 21.2 Å². The number of rotatable bonds is 5. The number of amides is 1. The van der Waals surface area contributed by atoms with Crippen LogP contribution in [0.5, 0.6) is 0 Å². The van der Waals surface area contributed by atoms with Gasteiger partial charge in [0.2, 0.25) is 5.91 Å². The van der Waals surface area contributed by atoms with E-state index in [0.29, 0.717) is 21.7 Å². The summed E-state index contributed by atoms with van der Waals surface area (Å²) in [5.74, 6) is 3.78. The number of hydrogen-bond donors (Lipinski definition) is 1. The first-order valence-electron chi connectivity index (χ1n) is 9.51. The number of hydrogen-bond acceptors (Lipinski definition) is 1. The first kappa shape index (κ1) is 14.3. The Morgan fingerprint density at radius 1 is 1.05 bits per heavy atom. The van der Waals surface area contributed by atoms with Crippen molar-refractivity contribution in [3.63, 3.8) is 0 Å². The van der Waals surface area contributed by atoms with Crippen LogP contribution in [0.15, 0.2) is 0 Å². The fraction of sp³-hybridized carbons (Fsp3) is 0.947. The van der Waals surface area contributed by atoms with Gasteiger partial charge in [-0.1, -0.05) is 15.9 Å². The maximum atomic E-state index is 12.8. The van der Waals surface area contributed by atoms with E-state index in [-0.39, 0.29) is 0 Å². The quantitative estimate of drug-likeness (QED) is 0.718.